The molecule has 0 fully saturated rings. The van der Waals surface area contributed by atoms with Crippen molar-refractivity contribution in [3.8, 4) is 0 Å². The predicted octanol–water partition coefficient (Wildman–Crippen LogP) is 1.56. The van der Waals surface area contributed by atoms with Gasteiger partial charge in [0.15, 0.2) is 5.69 Å². The van der Waals surface area contributed by atoms with Crippen LogP contribution in [0.2, 0.25) is 0 Å². The lowest BCUT2D eigenvalue weighted by molar-refractivity contribution is -0.141. The molecule has 0 aromatic carbocycles. The minimum Gasteiger partial charge on any atom is -0.164 e. The van der Waals surface area contributed by atoms with Crippen LogP contribution in [0.5, 0.6) is 0 Å². The molecule has 9 heavy (non-hydrogen) atoms. The average molecular weight is 154 g/mol. The van der Waals surface area contributed by atoms with E-state index < -0.39 is 11.9 Å². The van der Waals surface area contributed by atoms with Crippen LogP contribution in [0.4, 0.5) is 13.2 Å². The van der Waals surface area contributed by atoms with Crippen molar-refractivity contribution in [3.05, 3.63) is 11.1 Å². The van der Waals surface area contributed by atoms with Gasteiger partial charge in [0.1, 0.15) is 0 Å². The molecule has 0 unspecified atom stereocenters. The largest absolute Gasteiger partial charge is 0.436 e. The molecule has 0 bridgehead atoms. The summed E-state index contributed by atoms with van der Waals surface area (Å²) < 4.78 is 37.6. The Kier molecular flexibility index (Phi) is 1.40. The molecule has 0 spiro atoms. The van der Waals surface area contributed by atoms with Crippen LogP contribution >= 0.6 is 11.5 Å². The zero-order valence-corrected chi connectivity index (χ0v) is 4.83. The van der Waals surface area contributed by atoms with Crippen molar-refractivity contribution < 1.29 is 13.2 Å². The molecule has 0 saturated carbocycles. The van der Waals surface area contributed by atoms with Crippen LogP contribution in [-0.2, 0) is 6.18 Å². The predicted molar refractivity (Wildman–Crippen MR) is 24.9 cm³/mol. The summed E-state index contributed by atoms with van der Waals surface area (Å²) >= 11 is 0.685. The van der Waals surface area contributed by atoms with E-state index in [2.05, 4.69) is 9.59 Å². The SMILES string of the molecule is FC(F)(F)c1csnn1. The molecular formula is C3HF3N2S. The van der Waals surface area contributed by atoms with E-state index in [-0.39, 0.29) is 0 Å². The second-order valence-electron chi connectivity index (χ2n) is 1.29. The number of nitrogens with zero attached hydrogens (tertiary/aromatic N) is 2. The van der Waals surface area contributed by atoms with Gasteiger partial charge in [0.05, 0.1) is 0 Å². The standard InChI is InChI=1S/C3HF3N2S/c4-3(5,6)2-1-9-8-7-2/h1H. The lowest BCUT2D eigenvalue weighted by Gasteiger charge is -1.97. The van der Waals surface area contributed by atoms with E-state index in [0.717, 1.165) is 5.38 Å². The van der Waals surface area contributed by atoms with E-state index in [1.807, 2.05) is 0 Å². The summed E-state index contributed by atoms with van der Waals surface area (Å²) in [5, 5.41) is 3.69. The Hall–Kier alpha value is -0.650. The van der Waals surface area contributed by atoms with Gasteiger partial charge in [-0.3, -0.25) is 0 Å². The average Bonchev–Trinajstić information content (AvgIpc) is 2.08. The minimum absolute atomic E-state index is 0.685. The fourth-order valence-corrected chi connectivity index (χ4v) is 0.751. The summed E-state index contributed by atoms with van der Waals surface area (Å²) in [6.45, 7) is 0. The van der Waals surface area contributed by atoms with Gasteiger partial charge >= 0.3 is 6.18 Å². The van der Waals surface area contributed by atoms with Gasteiger partial charge in [-0.25, -0.2) is 0 Å². The van der Waals surface area contributed by atoms with E-state index in [1.165, 1.54) is 0 Å². The third-order valence-electron chi connectivity index (χ3n) is 0.650. The molecule has 1 aromatic heterocycles. The molecule has 50 valence electrons. The quantitative estimate of drug-likeness (QED) is 0.566. The number of hydrogen-bond acceptors (Lipinski definition) is 3. The fourth-order valence-electron chi connectivity index (χ4n) is 0.288. The maximum atomic E-state index is 11.5. The summed E-state index contributed by atoms with van der Waals surface area (Å²) in [7, 11) is 0. The Morgan fingerprint density at radius 3 is 2.33 bits per heavy atom. The van der Waals surface area contributed by atoms with Crippen molar-refractivity contribution in [2.45, 2.75) is 6.18 Å². The molecule has 0 radical (unpaired) electrons. The normalized spacial score (nSPS) is 11.9. The Labute approximate surface area is 52.5 Å². The molecule has 6 heteroatoms. The molecule has 0 saturated heterocycles. The first-order valence-electron chi connectivity index (χ1n) is 1.95. The van der Waals surface area contributed by atoms with Crippen LogP contribution in [-0.4, -0.2) is 9.59 Å². The molecule has 0 amide bonds. The van der Waals surface area contributed by atoms with E-state index >= 15 is 0 Å². The monoisotopic (exact) mass is 154 g/mol. The summed E-state index contributed by atoms with van der Waals surface area (Å²) in [6, 6.07) is 0. The molecule has 0 aliphatic rings. The third kappa shape index (κ3) is 1.38. The van der Waals surface area contributed by atoms with E-state index in [9.17, 15) is 13.2 Å². The summed E-state index contributed by atoms with van der Waals surface area (Å²) in [5.74, 6) is 0. The Morgan fingerprint density at radius 1 is 1.44 bits per heavy atom. The molecule has 0 atom stereocenters. The molecule has 1 aromatic rings. The van der Waals surface area contributed by atoms with Crippen molar-refractivity contribution in [3.63, 3.8) is 0 Å². The molecule has 0 N–H and O–H groups in total. The Bertz CT molecular complexity index is 179. The molecule has 2 nitrogen and oxygen atoms in total. The zero-order valence-electron chi connectivity index (χ0n) is 4.01. The van der Waals surface area contributed by atoms with Gasteiger partial charge in [0.25, 0.3) is 0 Å². The summed E-state index contributed by atoms with van der Waals surface area (Å²) in [4.78, 5) is 0. The first-order chi connectivity index (χ1) is 4.11. The van der Waals surface area contributed by atoms with Crippen molar-refractivity contribution in [2.24, 2.45) is 0 Å². The van der Waals surface area contributed by atoms with Crippen LogP contribution in [0.3, 0.4) is 0 Å². The van der Waals surface area contributed by atoms with Gasteiger partial charge in [0, 0.05) is 5.38 Å². The second-order valence-corrected chi connectivity index (χ2v) is 1.90. The topological polar surface area (TPSA) is 25.8 Å². The van der Waals surface area contributed by atoms with E-state index in [1.54, 1.807) is 0 Å². The van der Waals surface area contributed by atoms with Crippen molar-refractivity contribution >= 4 is 11.5 Å². The summed E-state index contributed by atoms with van der Waals surface area (Å²) in [5.41, 5.74) is -0.924. The molecule has 0 aliphatic heterocycles. The Morgan fingerprint density at radius 2 is 2.11 bits per heavy atom. The van der Waals surface area contributed by atoms with Crippen LogP contribution in [0.15, 0.2) is 5.38 Å². The van der Waals surface area contributed by atoms with Gasteiger partial charge < -0.3 is 0 Å². The van der Waals surface area contributed by atoms with Crippen LogP contribution < -0.4 is 0 Å². The molecule has 0 aliphatic carbocycles. The Balaban J connectivity index is 2.90. The van der Waals surface area contributed by atoms with Crippen LogP contribution in [0.25, 0.3) is 0 Å². The van der Waals surface area contributed by atoms with Crippen LogP contribution in [0.1, 0.15) is 5.69 Å². The number of halogens is 3. The number of aromatic nitrogens is 2. The fraction of sp³-hybridized carbons (Fsp3) is 0.333. The zero-order chi connectivity index (χ0) is 6.91. The maximum absolute atomic E-state index is 11.5. The maximum Gasteiger partial charge on any atom is 0.436 e. The number of rotatable bonds is 0. The molecule has 1 heterocycles. The van der Waals surface area contributed by atoms with Crippen molar-refractivity contribution in [2.75, 3.05) is 0 Å². The summed E-state index contributed by atoms with van der Waals surface area (Å²) in [6.07, 6.45) is -4.34. The van der Waals surface area contributed by atoms with Gasteiger partial charge in [0.2, 0.25) is 0 Å². The van der Waals surface area contributed by atoms with E-state index in [4.69, 9.17) is 0 Å². The van der Waals surface area contributed by atoms with E-state index in [0.29, 0.717) is 11.5 Å². The highest BCUT2D eigenvalue weighted by molar-refractivity contribution is 7.03. The highest BCUT2D eigenvalue weighted by atomic mass is 32.1. The first kappa shape index (κ1) is 6.47. The molecule has 1 rings (SSSR count). The third-order valence-corrected chi connectivity index (χ3v) is 1.16. The van der Waals surface area contributed by atoms with Gasteiger partial charge in [-0.05, 0) is 11.5 Å². The minimum atomic E-state index is -4.34. The highest BCUT2D eigenvalue weighted by Crippen LogP contribution is 2.27. The van der Waals surface area contributed by atoms with Gasteiger partial charge in [-0.15, -0.1) is 5.10 Å². The lowest BCUT2D eigenvalue weighted by Crippen LogP contribution is -2.04. The molecular weight excluding hydrogens is 153 g/mol. The second kappa shape index (κ2) is 1.94. The first-order valence-corrected chi connectivity index (χ1v) is 2.78. The van der Waals surface area contributed by atoms with Gasteiger partial charge in [-0.2, -0.15) is 13.2 Å². The van der Waals surface area contributed by atoms with Crippen molar-refractivity contribution in [1.29, 1.82) is 0 Å². The number of alkyl halides is 3. The number of hydrogen-bond donors (Lipinski definition) is 0. The smallest absolute Gasteiger partial charge is 0.164 e. The van der Waals surface area contributed by atoms with Crippen molar-refractivity contribution in [1.82, 2.24) is 9.59 Å². The van der Waals surface area contributed by atoms with Gasteiger partial charge in [-0.1, -0.05) is 4.49 Å². The van der Waals surface area contributed by atoms with Crippen LogP contribution in [0, 0.1) is 0 Å². The highest BCUT2D eigenvalue weighted by Gasteiger charge is 2.33. The lowest BCUT2D eigenvalue weighted by atomic mass is 10.5.